The van der Waals surface area contributed by atoms with Crippen LogP contribution in [0.15, 0.2) is 17.4 Å². The third-order valence-corrected chi connectivity index (χ3v) is 0.774. The van der Waals surface area contributed by atoms with Crippen LogP contribution in [-0.4, -0.2) is 17.1 Å². The smallest absolute Gasteiger partial charge is 0.0665 e. The molecule has 0 saturated heterocycles. The molecule has 0 aliphatic carbocycles. The molecule has 2 nitrogen and oxygen atoms in total. The van der Waals surface area contributed by atoms with Crippen LogP contribution in [0, 0.1) is 0 Å². The van der Waals surface area contributed by atoms with Crippen molar-refractivity contribution in [2.24, 2.45) is 5.10 Å². The highest BCUT2D eigenvalue weighted by Crippen LogP contribution is 1.91. The fourth-order valence-electron chi connectivity index (χ4n) is 0.463. The molecule has 0 aromatic heterocycles. The van der Waals surface area contributed by atoms with Crippen molar-refractivity contribution in [2.75, 3.05) is 0 Å². The number of hydrogen-bond donors (Lipinski definition) is 0. The van der Waals surface area contributed by atoms with E-state index in [4.69, 9.17) is 0 Å². The van der Waals surface area contributed by atoms with E-state index in [0.717, 1.165) is 5.71 Å². The largest absolute Gasteiger partial charge is 0.203 e. The molecule has 0 fully saturated rings. The molecule has 0 spiro atoms. The Morgan fingerprint density at radius 3 is 2.71 bits per heavy atom. The van der Waals surface area contributed by atoms with Crippen molar-refractivity contribution < 1.29 is 4.68 Å². The molecule has 1 rings (SSSR count). The molecule has 1 aliphatic rings. The summed E-state index contributed by atoms with van der Waals surface area (Å²) in [5.41, 5.74) is 1.01. The van der Waals surface area contributed by atoms with Crippen molar-refractivity contribution >= 4 is 12.4 Å². The average Bonchev–Trinajstić information content (AvgIpc) is 1.87. The fourth-order valence-corrected chi connectivity index (χ4v) is 0.463. The van der Waals surface area contributed by atoms with Crippen molar-refractivity contribution in [3.63, 3.8) is 0 Å². The molecular formula is C5H7N2+. The Bertz CT molecular complexity index is 153. The van der Waals surface area contributed by atoms with Crippen LogP contribution in [0.2, 0.25) is 0 Å². The molecule has 2 heteroatoms. The minimum absolute atomic E-state index is 1.01. The zero-order valence-electron chi connectivity index (χ0n) is 4.26. The van der Waals surface area contributed by atoms with Crippen LogP contribution in [0.1, 0.15) is 6.92 Å². The average molecular weight is 95.1 g/mol. The third kappa shape index (κ3) is 0.738. The van der Waals surface area contributed by atoms with E-state index in [1.165, 1.54) is 4.68 Å². The van der Waals surface area contributed by atoms with E-state index in [-0.39, 0.29) is 0 Å². The SMILES string of the molecule is C=[N+]1C=CC(C)=N1. The first-order valence-corrected chi connectivity index (χ1v) is 2.12. The Morgan fingerprint density at radius 2 is 2.57 bits per heavy atom. The van der Waals surface area contributed by atoms with Gasteiger partial charge in [-0.1, -0.05) is 4.68 Å². The van der Waals surface area contributed by atoms with Gasteiger partial charge in [0.25, 0.3) is 0 Å². The highest BCUT2D eigenvalue weighted by Gasteiger charge is 2.00. The van der Waals surface area contributed by atoms with Gasteiger partial charge in [-0.05, 0) is 6.92 Å². The number of allylic oxidation sites excluding steroid dienone is 1. The summed E-state index contributed by atoms with van der Waals surface area (Å²) in [4.78, 5) is 0. The molecular weight excluding hydrogens is 88.1 g/mol. The van der Waals surface area contributed by atoms with E-state index in [2.05, 4.69) is 11.8 Å². The van der Waals surface area contributed by atoms with Crippen LogP contribution in [-0.2, 0) is 0 Å². The summed E-state index contributed by atoms with van der Waals surface area (Å²) in [7, 11) is 0. The first-order chi connectivity index (χ1) is 3.29. The molecule has 1 aliphatic heterocycles. The summed E-state index contributed by atoms with van der Waals surface area (Å²) >= 11 is 0. The van der Waals surface area contributed by atoms with Gasteiger partial charge >= 0.3 is 0 Å². The van der Waals surface area contributed by atoms with Gasteiger partial charge < -0.3 is 0 Å². The Hall–Kier alpha value is -0.920. The summed E-state index contributed by atoms with van der Waals surface area (Å²) in [6.07, 6.45) is 3.72. The standard InChI is InChI=1S/C5H7N2/c1-5-3-4-7(2)6-5/h3-4H,2H2,1H3/q+1. The molecule has 0 aromatic carbocycles. The van der Waals surface area contributed by atoms with Gasteiger partial charge in [0, 0.05) is 11.2 Å². The molecule has 1 heterocycles. The lowest BCUT2D eigenvalue weighted by molar-refractivity contribution is -0.448. The summed E-state index contributed by atoms with van der Waals surface area (Å²) in [6.45, 7) is 5.48. The zero-order valence-corrected chi connectivity index (χ0v) is 4.26. The van der Waals surface area contributed by atoms with Gasteiger partial charge in [0.2, 0.25) is 6.20 Å². The second-order valence-electron chi connectivity index (χ2n) is 1.50. The van der Waals surface area contributed by atoms with Gasteiger partial charge in [-0.15, -0.1) is 0 Å². The summed E-state index contributed by atoms with van der Waals surface area (Å²) in [6, 6.07) is 0. The normalized spacial score (nSPS) is 17.9. The summed E-state index contributed by atoms with van der Waals surface area (Å²) in [5.74, 6) is 0. The molecule has 0 amide bonds. The highest BCUT2D eigenvalue weighted by atomic mass is 15.4. The van der Waals surface area contributed by atoms with Gasteiger partial charge in [-0.2, -0.15) is 0 Å². The molecule has 0 atom stereocenters. The van der Waals surface area contributed by atoms with Crippen LogP contribution in [0.25, 0.3) is 0 Å². The Labute approximate surface area is 42.5 Å². The minimum atomic E-state index is 1.01. The Kier molecular flexibility index (Phi) is 0.785. The molecule has 36 valence electrons. The van der Waals surface area contributed by atoms with Gasteiger partial charge in [0.05, 0.1) is 0 Å². The van der Waals surface area contributed by atoms with E-state index in [1.807, 2.05) is 19.2 Å². The maximum atomic E-state index is 3.92. The molecule has 0 unspecified atom stereocenters. The Balaban J connectivity index is 2.88. The van der Waals surface area contributed by atoms with Gasteiger partial charge in [-0.3, -0.25) is 0 Å². The first-order valence-electron chi connectivity index (χ1n) is 2.12. The molecule has 0 N–H and O–H groups in total. The van der Waals surface area contributed by atoms with Crippen molar-refractivity contribution in [1.29, 1.82) is 0 Å². The van der Waals surface area contributed by atoms with Crippen LogP contribution in [0.5, 0.6) is 0 Å². The van der Waals surface area contributed by atoms with E-state index in [0.29, 0.717) is 0 Å². The monoisotopic (exact) mass is 95.1 g/mol. The predicted octanol–water partition coefficient (Wildman–Crippen LogP) is 0.603. The van der Waals surface area contributed by atoms with Crippen molar-refractivity contribution in [3.05, 3.63) is 12.3 Å². The zero-order chi connectivity index (χ0) is 5.28. The van der Waals surface area contributed by atoms with E-state index < -0.39 is 0 Å². The number of rotatable bonds is 0. The highest BCUT2D eigenvalue weighted by molar-refractivity contribution is 5.92. The third-order valence-electron chi connectivity index (χ3n) is 0.774. The second kappa shape index (κ2) is 1.30. The Morgan fingerprint density at radius 1 is 1.86 bits per heavy atom. The van der Waals surface area contributed by atoms with Crippen molar-refractivity contribution in [3.8, 4) is 0 Å². The fraction of sp³-hybridized carbons (Fsp3) is 0.200. The lowest BCUT2D eigenvalue weighted by atomic mass is 10.4. The number of hydrogen-bond acceptors (Lipinski definition) is 1. The molecule has 0 aromatic rings. The van der Waals surface area contributed by atoms with Crippen LogP contribution >= 0.6 is 0 Å². The lowest BCUT2D eigenvalue weighted by Gasteiger charge is -1.68. The maximum Gasteiger partial charge on any atom is 0.203 e. The van der Waals surface area contributed by atoms with E-state index >= 15 is 0 Å². The van der Waals surface area contributed by atoms with Crippen LogP contribution in [0.3, 0.4) is 0 Å². The van der Waals surface area contributed by atoms with Gasteiger partial charge in [0.15, 0.2) is 6.72 Å². The van der Waals surface area contributed by atoms with E-state index in [1.54, 1.807) is 0 Å². The molecule has 7 heavy (non-hydrogen) atoms. The first kappa shape index (κ1) is 4.24. The van der Waals surface area contributed by atoms with E-state index in [9.17, 15) is 0 Å². The minimum Gasteiger partial charge on any atom is -0.0665 e. The summed E-state index contributed by atoms with van der Waals surface area (Å²) < 4.78 is 1.54. The molecule has 0 radical (unpaired) electrons. The number of nitrogens with zero attached hydrogens (tertiary/aromatic N) is 2. The summed E-state index contributed by atoms with van der Waals surface area (Å²) in [5, 5.41) is 3.92. The van der Waals surface area contributed by atoms with Crippen LogP contribution in [0.4, 0.5) is 0 Å². The maximum absolute atomic E-state index is 3.92. The topological polar surface area (TPSA) is 15.4 Å². The second-order valence-corrected chi connectivity index (χ2v) is 1.50. The lowest BCUT2D eigenvalue weighted by Crippen LogP contribution is -1.83. The van der Waals surface area contributed by atoms with Gasteiger partial charge in [0.1, 0.15) is 5.71 Å². The molecule has 0 bridgehead atoms. The molecule has 0 saturated carbocycles. The van der Waals surface area contributed by atoms with Crippen LogP contribution < -0.4 is 0 Å². The van der Waals surface area contributed by atoms with Gasteiger partial charge in [-0.25, -0.2) is 0 Å². The quantitative estimate of drug-likeness (QED) is 0.391. The van der Waals surface area contributed by atoms with Crippen molar-refractivity contribution in [2.45, 2.75) is 6.92 Å². The van der Waals surface area contributed by atoms with Crippen molar-refractivity contribution in [1.82, 2.24) is 0 Å². The predicted molar refractivity (Wildman–Crippen MR) is 29.6 cm³/mol. The number of hydrazone groups is 1.